The van der Waals surface area contributed by atoms with Gasteiger partial charge < -0.3 is 24.3 Å². The Hall–Kier alpha value is -3.81. The maximum absolute atomic E-state index is 12.5. The standard InChI is InChI=1S/C35H37NO5/c1-26(37)36-32-33(30-20-12-5-13-21-30)41-31(25-38-22-27-14-6-2-7-15-27)34(39-23-28-16-8-3-9-17-28)35(32)40-24-29-18-10-4-11-19-29/h2-21,31-35H,22-25H2,1H3,(H,36,37)/t31?,32?,33-,34+,35?/m0/s1. The molecular weight excluding hydrogens is 514 g/mol. The van der Waals surface area contributed by atoms with E-state index in [1.54, 1.807) is 0 Å². The van der Waals surface area contributed by atoms with Gasteiger partial charge in [-0.25, -0.2) is 0 Å². The molecule has 1 N–H and O–H groups in total. The largest absolute Gasteiger partial charge is 0.374 e. The Morgan fingerprint density at radius 3 is 1.63 bits per heavy atom. The summed E-state index contributed by atoms with van der Waals surface area (Å²) >= 11 is 0. The van der Waals surface area contributed by atoms with Crippen molar-refractivity contribution in [3.63, 3.8) is 0 Å². The number of nitrogens with one attached hydrogen (secondary N) is 1. The fraction of sp³-hybridized carbons (Fsp3) is 0.286. The van der Waals surface area contributed by atoms with E-state index in [4.69, 9.17) is 18.9 Å². The lowest BCUT2D eigenvalue weighted by Gasteiger charge is -2.47. The Bertz CT molecular complexity index is 1320. The summed E-state index contributed by atoms with van der Waals surface area (Å²) in [7, 11) is 0. The van der Waals surface area contributed by atoms with Gasteiger partial charge in [-0.05, 0) is 22.3 Å². The van der Waals surface area contributed by atoms with Crippen LogP contribution in [0.4, 0.5) is 0 Å². The van der Waals surface area contributed by atoms with Crippen LogP contribution in [0.25, 0.3) is 0 Å². The number of ether oxygens (including phenoxy) is 4. The van der Waals surface area contributed by atoms with Crippen molar-refractivity contribution >= 4 is 5.91 Å². The summed E-state index contributed by atoms with van der Waals surface area (Å²) in [5.41, 5.74) is 4.11. The number of amides is 1. The second-order valence-corrected chi connectivity index (χ2v) is 10.3. The molecular formula is C35H37NO5. The number of benzene rings is 4. The zero-order valence-corrected chi connectivity index (χ0v) is 23.3. The van der Waals surface area contributed by atoms with Gasteiger partial charge in [0, 0.05) is 6.92 Å². The van der Waals surface area contributed by atoms with E-state index >= 15 is 0 Å². The third-order valence-electron chi connectivity index (χ3n) is 7.15. The summed E-state index contributed by atoms with van der Waals surface area (Å²) in [5.74, 6) is -0.159. The zero-order valence-electron chi connectivity index (χ0n) is 23.3. The summed E-state index contributed by atoms with van der Waals surface area (Å²) in [4.78, 5) is 12.5. The highest BCUT2D eigenvalue weighted by atomic mass is 16.6. The van der Waals surface area contributed by atoms with Crippen LogP contribution >= 0.6 is 0 Å². The van der Waals surface area contributed by atoms with Crippen molar-refractivity contribution in [2.75, 3.05) is 6.61 Å². The van der Waals surface area contributed by atoms with Gasteiger partial charge in [-0.15, -0.1) is 0 Å². The van der Waals surface area contributed by atoms with Crippen molar-refractivity contribution in [3.05, 3.63) is 144 Å². The Morgan fingerprint density at radius 1 is 0.659 bits per heavy atom. The Morgan fingerprint density at radius 2 is 1.12 bits per heavy atom. The Kier molecular flexibility index (Phi) is 10.3. The molecule has 0 saturated carbocycles. The van der Waals surface area contributed by atoms with Gasteiger partial charge in [0.25, 0.3) is 0 Å². The van der Waals surface area contributed by atoms with Crippen molar-refractivity contribution in [2.45, 2.75) is 57.2 Å². The SMILES string of the molecule is CC(=O)NC1C(OCc2ccccc2)[C@H](OCc2ccccc2)C(COCc2ccccc2)O[C@H]1c1ccccc1. The molecule has 0 aromatic heterocycles. The lowest BCUT2D eigenvalue weighted by molar-refractivity contribution is -0.234. The van der Waals surface area contributed by atoms with E-state index in [2.05, 4.69) is 5.32 Å². The van der Waals surface area contributed by atoms with Gasteiger partial charge in [0.15, 0.2) is 0 Å². The molecule has 1 amide bonds. The van der Waals surface area contributed by atoms with Crippen LogP contribution < -0.4 is 5.32 Å². The predicted octanol–water partition coefficient (Wildman–Crippen LogP) is 6.02. The van der Waals surface area contributed by atoms with E-state index in [9.17, 15) is 4.79 Å². The van der Waals surface area contributed by atoms with E-state index in [0.29, 0.717) is 26.4 Å². The fourth-order valence-electron chi connectivity index (χ4n) is 5.20. The predicted molar refractivity (Wildman–Crippen MR) is 158 cm³/mol. The number of carbonyl (C=O) groups is 1. The molecule has 5 rings (SSSR count). The molecule has 0 bridgehead atoms. The lowest BCUT2D eigenvalue weighted by atomic mass is 9.88. The maximum Gasteiger partial charge on any atom is 0.217 e. The summed E-state index contributed by atoms with van der Waals surface area (Å²) in [6.07, 6.45) is -1.92. The average Bonchev–Trinajstić information content (AvgIpc) is 3.01. The minimum absolute atomic E-state index is 0.159. The quantitative estimate of drug-likeness (QED) is 0.233. The second kappa shape index (κ2) is 14.7. The van der Waals surface area contributed by atoms with Crippen LogP contribution in [0, 0.1) is 0 Å². The molecule has 1 saturated heterocycles. The summed E-state index contributed by atoms with van der Waals surface area (Å²) in [5, 5.41) is 3.14. The van der Waals surface area contributed by atoms with E-state index in [0.717, 1.165) is 22.3 Å². The summed E-state index contributed by atoms with van der Waals surface area (Å²) < 4.78 is 26.2. The number of rotatable bonds is 12. The number of hydrogen-bond donors (Lipinski definition) is 1. The molecule has 1 heterocycles. The smallest absolute Gasteiger partial charge is 0.217 e. The first-order valence-corrected chi connectivity index (χ1v) is 14.1. The molecule has 5 atom stereocenters. The summed E-state index contributed by atoms with van der Waals surface area (Å²) in [6.45, 7) is 3.01. The third-order valence-corrected chi connectivity index (χ3v) is 7.15. The van der Waals surface area contributed by atoms with Crippen LogP contribution in [0.3, 0.4) is 0 Å². The summed E-state index contributed by atoms with van der Waals surface area (Å²) in [6, 6.07) is 39.6. The number of carbonyl (C=O) groups excluding carboxylic acids is 1. The molecule has 4 aromatic carbocycles. The molecule has 0 spiro atoms. The van der Waals surface area contributed by atoms with Crippen LogP contribution in [0.15, 0.2) is 121 Å². The Labute approximate surface area is 242 Å². The van der Waals surface area contributed by atoms with Crippen molar-refractivity contribution in [1.82, 2.24) is 5.32 Å². The molecule has 4 aromatic rings. The molecule has 41 heavy (non-hydrogen) atoms. The lowest BCUT2D eigenvalue weighted by Crippen LogP contribution is -2.62. The monoisotopic (exact) mass is 551 g/mol. The van der Waals surface area contributed by atoms with Gasteiger partial charge in [0.2, 0.25) is 5.91 Å². The first-order valence-electron chi connectivity index (χ1n) is 14.1. The normalized spacial score (nSPS) is 22.2. The van der Waals surface area contributed by atoms with Crippen LogP contribution in [-0.4, -0.2) is 36.9 Å². The van der Waals surface area contributed by atoms with Crippen molar-refractivity contribution < 1.29 is 23.7 Å². The minimum Gasteiger partial charge on any atom is -0.374 e. The Balaban J connectivity index is 1.46. The molecule has 1 aliphatic heterocycles. The fourth-order valence-corrected chi connectivity index (χ4v) is 5.20. The molecule has 1 aliphatic rings. The highest BCUT2D eigenvalue weighted by Gasteiger charge is 2.48. The van der Waals surface area contributed by atoms with Crippen LogP contribution in [0.2, 0.25) is 0 Å². The minimum atomic E-state index is -0.508. The average molecular weight is 552 g/mol. The number of hydrogen-bond acceptors (Lipinski definition) is 5. The molecule has 0 radical (unpaired) electrons. The molecule has 1 fully saturated rings. The van der Waals surface area contributed by atoms with Crippen LogP contribution in [0.1, 0.15) is 35.3 Å². The topological polar surface area (TPSA) is 66.0 Å². The van der Waals surface area contributed by atoms with Gasteiger partial charge in [0.1, 0.15) is 24.4 Å². The third kappa shape index (κ3) is 8.12. The first kappa shape index (κ1) is 28.7. The maximum atomic E-state index is 12.5. The molecule has 212 valence electrons. The van der Waals surface area contributed by atoms with Crippen molar-refractivity contribution in [2.24, 2.45) is 0 Å². The highest BCUT2D eigenvalue weighted by molar-refractivity contribution is 5.73. The van der Waals surface area contributed by atoms with E-state index in [-0.39, 0.29) is 5.91 Å². The van der Waals surface area contributed by atoms with Crippen molar-refractivity contribution in [3.8, 4) is 0 Å². The zero-order chi connectivity index (χ0) is 28.3. The molecule has 6 nitrogen and oxygen atoms in total. The van der Waals surface area contributed by atoms with Gasteiger partial charge in [-0.3, -0.25) is 4.79 Å². The first-order chi connectivity index (χ1) is 20.2. The van der Waals surface area contributed by atoms with Gasteiger partial charge in [0.05, 0.1) is 32.5 Å². The highest BCUT2D eigenvalue weighted by Crippen LogP contribution is 2.36. The molecule has 6 heteroatoms. The van der Waals surface area contributed by atoms with Crippen LogP contribution in [-0.2, 0) is 43.6 Å². The van der Waals surface area contributed by atoms with Crippen molar-refractivity contribution in [1.29, 1.82) is 0 Å². The van der Waals surface area contributed by atoms with Gasteiger partial charge >= 0.3 is 0 Å². The molecule has 0 aliphatic carbocycles. The van der Waals surface area contributed by atoms with Gasteiger partial charge in [-0.2, -0.15) is 0 Å². The second-order valence-electron chi connectivity index (χ2n) is 10.3. The van der Waals surface area contributed by atoms with Crippen LogP contribution in [0.5, 0.6) is 0 Å². The van der Waals surface area contributed by atoms with E-state index in [1.807, 2.05) is 121 Å². The van der Waals surface area contributed by atoms with E-state index in [1.165, 1.54) is 6.92 Å². The molecule has 3 unspecified atom stereocenters. The van der Waals surface area contributed by atoms with Gasteiger partial charge in [-0.1, -0.05) is 121 Å². The van der Waals surface area contributed by atoms with E-state index < -0.39 is 30.5 Å².